The number of hydrogen-bond donors (Lipinski definition) is 2. The Morgan fingerprint density at radius 3 is 2.11 bits per heavy atom. The van der Waals surface area contributed by atoms with E-state index in [1.54, 1.807) is 0 Å². The summed E-state index contributed by atoms with van der Waals surface area (Å²) in [6, 6.07) is 0.158. The monoisotopic (exact) mass is 391 g/mol. The van der Waals surface area contributed by atoms with Crippen LogP contribution in [0.3, 0.4) is 0 Å². The van der Waals surface area contributed by atoms with Gasteiger partial charge >= 0.3 is 0 Å². The van der Waals surface area contributed by atoms with Gasteiger partial charge in [-0.2, -0.15) is 0 Å². The largest absolute Gasteiger partial charge is 0.342 e. The lowest BCUT2D eigenvalue weighted by molar-refractivity contribution is -0.133. The van der Waals surface area contributed by atoms with Crippen LogP contribution in [0.5, 0.6) is 0 Å². The van der Waals surface area contributed by atoms with E-state index in [2.05, 4.69) is 39.3 Å². The lowest BCUT2D eigenvalue weighted by Crippen LogP contribution is -2.47. The van der Waals surface area contributed by atoms with E-state index >= 15 is 0 Å². The number of anilines is 1. The molecule has 1 aromatic heterocycles. The maximum Gasteiger partial charge on any atom is 0.249 e. The van der Waals surface area contributed by atoms with Crippen LogP contribution >= 0.6 is 0 Å². The molecule has 7 nitrogen and oxygen atoms in total. The summed E-state index contributed by atoms with van der Waals surface area (Å²) in [7, 11) is 0. The molecule has 1 atom stereocenters. The van der Waals surface area contributed by atoms with Crippen molar-refractivity contribution in [3.05, 3.63) is 18.0 Å². The zero-order chi connectivity index (χ0) is 21.1. The molecule has 0 aliphatic carbocycles. The molecule has 2 fully saturated rings. The average Bonchev–Trinajstić information content (AvgIpc) is 2.74. The zero-order valence-electron chi connectivity index (χ0n) is 18.3. The third-order valence-electron chi connectivity index (χ3n) is 4.95. The van der Waals surface area contributed by atoms with E-state index in [1.807, 2.05) is 40.1 Å². The summed E-state index contributed by atoms with van der Waals surface area (Å²) < 4.78 is 0. The fourth-order valence-corrected chi connectivity index (χ4v) is 3.36. The topological polar surface area (TPSA) is 87.2 Å². The molecule has 2 amide bonds. The molecule has 2 aliphatic heterocycles. The summed E-state index contributed by atoms with van der Waals surface area (Å²) in [4.78, 5) is 34.1. The quantitative estimate of drug-likeness (QED) is 0.766. The number of amides is 2. The van der Waals surface area contributed by atoms with E-state index in [0.29, 0.717) is 30.7 Å². The predicted molar refractivity (Wildman–Crippen MR) is 113 cm³/mol. The van der Waals surface area contributed by atoms with Crippen molar-refractivity contribution in [3.63, 3.8) is 0 Å². The van der Waals surface area contributed by atoms with Crippen molar-refractivity contribution < 1.29 is 9.59 Å². The number of likely N-dealkylation sites (tertiary alicyclic amines) is 1. The SMILES string of the molecule is CC.CC.CC(C)N1CCC(c2cnc(NC3CCC(=O)NC3=O)nc2)CC1. The Labute approximate surface area is 169 Å². The second-order valence-electron chi connectivity index (χ2n) is 6.89. The van der Waals surface area contributed by atoms with Crippen LogP contribution in [0, 0.1) is 0 Å². The van der Waals surface area contributed by atoms with Gasteiger partial charge in [0.2, 0.25) is 17.8 Å². The molecular weight excluding hydrogens is 354 g/mol. The number of piperidine rings is 2. The molecule has 0 aromatic carbocycles. The Balaban J connectivity index is 0.000000921. The lowest BCUT2D eigenvalue weighted by Gasteiger charge is -2.34. The van der Waals surface area contributed by atoms with Crippen LogP contribution in [0.25, 0.3) is 0 Å². The highest BCUT2D eigenvalue weighted by molar-refractivity contribution is 6.01. The summed E-state index contributed by atoms with van der Waals surface area (Å²) in [5, 5.41) is 5.33. The second-order valence-corrected chi connectivity index (χ2v) is 6.89. The van der Waals surface area contributed by atoms with Crippen molar-refractivity contribution in [2.75, 3.05) is 18.4 Å². The number of carbonyl (C=O) groups is 2. The Kier molecular flexibility index (Phi) is 10.7. The first-order valence-electron chi connectivity index (χ1n) is 10.7. The van der Waals surface area contributed by atoms with Crippen molar-refractivity contribution >= 4 is 17.8 Å². The number of hydrogen-bond acceptors (Lipinski definition) is 6. The van der Waals surface area contributed by atoms with Gasteiger partial charge in [-0.1, -0.05) is 27.7 Å². The number of nitrogens with zero attached hydrogens (tertiary/aromatic N) is 3. The van der Waals surface area contributed by atoms with Crippen molar-refractivity contribution in [2.45, 2.75) is 85.2 Å². The van der Waals surface area contributed by atoms with E-state index < -0.39 is 6.04 Å². The third kappa shape index (κ3) is 6.86. The summed E-state index contributed by atoms with van der Waals surface area (Å²) in [6.45, 7) is 14.7. The fourth-order valence-electron chi connectivity index (χ4n) is 3.36. The summed E-state index contributed by atoms with van der Waals surface area (Å²) in [6.07, 6.45) is 6.79. The minimum absolute atomic E-state index is 0.220. The molecule has 1 unspecified atom stereocenters. The van der Waals surface area contributed by atoms with E-state index in [0.717, 1.165) is 31.5 Å². The minimum atomic E-state index is -0.442. The van der Waals surface area contributed by atoms with Crippen LogP contribution in [0.1, 0.15) is 78.7 Å². The maximum atomic E-state index is 11.8. The Hall–Kier alpha value is -2.02. The first-order valence-corrected chi connectivity index (χ1v) is 10.7. The van der Waals surface area contributed by atoms with Gasteiger partial charge in [0.15, 0.2) is 0 Å². The molecule has 7 heteroatoms. The normalized spacial score (nSPS) is 20.5. The molecule has 0 radical (unpaired) electrons. The number of nitrogens with one attached hydrogen (secondary N) is 2. The number of rotatable bonds is 4. The van der Waals surface area contributed by atoms with E-state index in [9.17, 15) is 9.59 Å². The first kappa shape index (κ1) is 24.0. The van der Waals surface area contributed by atoms with E-state index in [1.165, 1.54) is 0 Å². The van der Waals surface area contributed by atoms with Crippen molar-refractivity contribution in [1.82, 2.24) is 20.2 Å². The van der Waals surface area contributed by atoms with Gasteiger partial charge in [0, 0.05) is 24.9 Å². The van der Waals surface area contributed by atoms with E-state index in [4.69, 9.17) is 0 Å². The highest BCUT2D eigenvalue weighted by Crippen LogP contribution is 2.28. The highest BCUT2D eigenvalue weighted by Gasteiger charge is 2.27. The number of carbonyl (C=O) groups excluding carboxylic acids is 2. The van der Waals surface area contributed by atoms with Gasteiger partial charge in [-0.05, 0) is 57.7 Å². The molecule has 2 aliphatic rings. The zero-order valence-corrected chi connectivity index (χ0v) is 18.3. The number of imide groups is 1. The molecule has 0 spiro atoms. The van der Waals surface area contributed by atoms with Crippen LogP contribution in [0.15, 0.2) is 12.4 Å². The van der Waals surface area contributed by atoms with Crippen LogP contribution in [-0.4, -0.2) is 51.9 Å². The van der Waals surface area contributed by atoms with Crippen LogP contribution in [0.4, 0.5) is 5.95 Å². The molecule has 2 N–H and O–H groups in total. The molecule has 3 rings (SSSR count). The highest BCUT2D eigenvalue weighted by atomic mass is 16.2. The molecule has 0 bridgehead atoms. The molecule has 1 aromatic rings. The summed E-state index contributed by atoms with van der Waals surface area (Å²) in [5.74, 6) is 0.416. The third-order valence-corrected chi connectivity index (χ3v) is 4.95. The standard InChI is InChI=1S/C17H25N5O2.2C2H6/c1-11(2)22-7-5-12(6-8-22)13-9-18-17(19-10-13)20-14-3-4-15(23)21-16(14)24;2*1-2/h9-12,14H,3-8H2,1-2H3,(H,18,19,20)(H,21,23,24);2*1-2H3. The smallest absolute Gasteiger partial charge is 0.249 e. The lowest BCUT2D eigenvalue weighted by atomic mass is 9.91. The van der Waals surface area contributed by atoms with Crippen molar-refractivity contribution in [2.24, 2.45) is 0 Å². The van der Waals surface area contributed by atoms with Crippen molar-refractivity contribution in [3.8, 4) is 0 Å². The minimum Gasteiger partial charge on any atom is -0.342 e. The van der Waals surface area contributed by atoms with Gasteiger partial charge in [0.1, 0.15) is 6.04 Å². The molecule has 2 saturated heterocycles. The summed E-state index contributed by atoms with van der Waals surface area (Å²) >= 11 is 0. The molecule has 28 heavy (non-hydrogen) atoms. The molecule has 158 valence electrons. The Morgan fingerprint density at radius 1 is 1.04 bits per heavy atom. The van der Waals surface area contributed by atoms with Gasteiger partial charge in [-0.3, -0.25) is 14.9 Å². The molecule has 0 saturated carbocycles. The Bertz CT molecular complexity index is 595. The van der Waals surface area contributed by atoms with Gasteiger partial charge in [-0.25, -0.2) is 9.97 Å². The summed E-state index contributed by atoms with van der Waals surface area (Å²) in [5.41, 5.74) is 1.16. The average molecular weight is 392 g/mol. The van der Waals surface area contributed by atoms with Crippen molar-refractivity contribution in [1.29, 1.82) is 0 Å². The van der Waals surface area contributed by atoms with Gasteiger partial charge in [0.05, 0.1) is 0 Å². The van der Waals surface area contributed by atoms with Gasteiger partial charge < -0.3 is 10.2 Å². The Morgan fingerprint density at radius 2 is 1.61 bits per heavy atom. The van der Waals surface area contributed by atoms with Crippen LogP contribution in [-0.2, 0) is 9.59 Å². The van der Waals surface area contributed by atoms with Crippen LogP contribution < -0.4 is 10.6 Å². The molecule has 3 heterocycles. The van der Waals surface area contributed by atoms with Crippen LogP contribution in [0.2, 0.25) is 0 Å². The van der Waals surface area contributed by atoms with Gasteiger partial charge in [0.25, 0.3) is 0 Å². The van der Waals surface area contributed by atoms with Gasteiger partial charge in [-0.15, -0.1) is 0 Å². The fraction of sp³-hybridized carbons (Fsp3) is 0.714. The van der Waals surface area contributed by atoms with E-state index in [-0.39, 0.29) is 11.8 Å². The first-order chi connectivity index (χ1) is 13.5. The maximum absolute atomic E-state index is 11.8. The predicted octanol–water partition coefficient (Wildman–Crippen LogP) is 3.33. The molecular formula is C21H37N5O2. The second kappa shape index (κ2) is 12.4. The number of aromatic nitrogens is 2.